The highest BCUT2D eigenvalue weighted by Gasteiger charge is 1.79. The van der Waals surface area contributed by atoms with Gasteiger partial charge in [-0.25, -0.2) is 4.79 Å². The number of aliphatic hydroxyl groups is 2. The molecule has 0 radical (unpaired) electrons. The molecule has 0 aromatic heterocycles. The van der Waals surface area contributed by atoms with Crippen LogP contribution in [-0.4, -0.2) is 40.5 Å². The Kier molecular flexibility index (Phi) is 23.0. The fraction of sp³-hybridized carbons (Fsp3) is 0.333. The quantitative estimate of drug-likeness (QED) is 0.349. The number of aliphatic carboxylic acids is 1. The summed E-state index contributed by atoms with van der Waals surface area (Å²) in [5.74, 6) is -1.31. The van der Waals surface area contributed by atoms with E-state index in [4.69, 9.17) is 15.3 Å². The molecule has 0 aromatic rings. The minimum absolute atomic E-state index is 0.125. The van der Waals surface area contributed by atoms with E-state index in [9.17, 15) is 9.59 Å². The lowest BCUT2D eigenvalue weighted by molar-refractivity contribution is -0.135. The van der Waals surface area contributed by atoms with Crippen molar-refractivity contribution in [2.24, 2.45) is 0 Å². The molecule has 88 valence electrons. The second-order valence-electron chi connectivity index (χ2n) is 1.77. The van der Waals surface area contributed by atoms with E-state index in [0.29, 0.717) is 0 Å². The van der Waals surface area contributed by atoms with Crippen LogP contribution in [0.15, 0.2) is 25.5 Å². The minimum Gasteiger partial charge on any atom is -0.478 e. The van der Waals surface area contributed by atoms with E-state index in [-0.39, 0.29) is 19.2 Å². The summed E-state index contributed by atoms with van der Waals surface area (Å²) in [5, 5.41) is 22.9. The van der Waals surface area contributed by atoms with Crippen molar-refractivity contribution in [2.75, 3.05) is 13.2 Å². The Morgan fingerprint density at radius 3 is 1.60 bits per heavy atom. The average molecular weight is 220 g/mol. The normalized spacial score (nSPS) is 6.87. The van der Waals surface area contributed by atoms with Crippen LogP contribution >= 0.6 is 0 Å². The molecule has 0 aliphatic heterocycles. The SMILES string of the molecule is C=CC(=O)O.C=COC(C)=O.OCCO. The third-order valence-corrected chi connectivity index (χ3v) is 0.524. The van der Waals surface area contributed by atoms with Gasteiger partial charge in [-0.15, -0.1) is 0 Å². The van der Waals surface area contributed by atoms with E-state index in [2.05, 4.69) is 17.9 Å². The van der Waals surface area contributed by atoms with E-state index < -0.39 is 5.97 Å². The van der Waals surface area contributed by atoms with Gasteiger partial charge in [0.25, 0.3) is 0 Å². The van der Waals surface area contributed by atoms with Crippen LogP contribution in [0.1, 0.15) is 6.92 Å². The number of hydrogen-bond acceptors (Lipinski definition) is 5. The lowest BCUT2D eigenvalue weighted by atomic mass is 10.7. The largest absolute Gasteiger partial charge is 0.478 e. The van der Waals surface area contributed by atoms with Gasteiger partial charge < -0.3 is 20.1 Å². The maximum Gasteiger partial charge on any atom is 0.327 e. The van der Waals surface area contributed by atoms with Crippen LogP contribution in [0.5, 0.6) is 0 Å². The van der Waals surface area contributed by atoms with Gasteiger partial charge in [0, 0.05) is 13.0 Å². The fourth-order valence-electron chi connectivity index (χ4n) is 0.117. The molecule has 0 saturated heterocycles. The summed E-state index contributed by atoms with van der Waals surface area (Å²) in [6.07, 6.45) is 1.93. The molecule has 0 aliphatic carbocycles. The Balaban J connectivity index is -0.000000147. The highest BCUT2D eigenvalue weighted by Crippen LogP contribution is 1.70. The summed E-state index contributed by atoms with van der Waals surface area (Å²) in [4.78, 5) is 19.0. The Labute approximate surface area is 88.1 Å². The molecule has 0 saturated carbocycles. The van der Waals surface area contributed by atoms with Crippen molar-refractivity contribution in [2.45, 2.75) is 6.92 Å². The fourth-order valence-corrected chi connectivity index (χ4v) is 0.117. The second-order valence-corrected chi connectivity index (χ2v) is 1.77. The van der Waals surface area contributed by atoms with Crippen LogP contribution in [0.4, 0.5) is 0 Å². The average Bonchev–Trinajstić information content (AvgIpc) is 2.19. The molecular formula is C9H16O6. The van der Waals surface area contributed by atoms with Gasteiger partial charge in [0.1, 0.15) is 0 Å². The van der Waals surface area contributed by atoms with Crippen molar-refractivity contribution in [1.29, 1.82) is 0 Å². The molecule has 0 spiro atoms. The van der Waals surface area contributed by atoms with Gasteiger partial charge in [0.2, 0.25) is 0 Å². The number of carbonyl (C=O) groups excluding carboxylic acids is 1. The van der Waals surface area contributed by atoms with Crippen LogP contribution in [0.3, 0.4) is 0 Å². The first-order chi connectivity index (χ1) is 6.95. The Morgan fingerprint density at radius 1 is 1.27 bits per heavy atom. The molecule has 6 nitrogen and oxygen atoms in total. The number of hydrogen-bond donors (Lipinski definition) is 3. The van der Waals surface area contributed by atoms with Crippen LogP contribution in [0, 0.1) is 0 Å². The summed E-state index contributed by atoms with van der Waals surface area (Å²) in [7, 11) is 0. The first-order valence-corrected chi connectivity index (χ1v) is 3.81. The number of carbonyl (C=O) groups is 2. The number of carboxylic acids is 1. The number of esters is 1. The highest BCUT2D eigenvalue weighted by molar-refractivity contribution is 5.78. The van der Waals surface area contributed by atoms with Crippen LogP contribution < -0.4 is 0 Å². The smallest absolute Gasteiger partial charge is 0.327 e. The van der Waals surface area contributed by atoms with Crippen LogP contribution in [-0.2, 0) is 14.3 Å². The number of rotatable bonds is 3. The second kappa shape index (κ2) is 18.2. The zero-order chi connectivity index (χ0) is 12.7. The zero-order valence-corrected chi connectivity index (χ0v) is 8.55. The van der Waals surface area contributed by atoms with Gasteiger partial charge in [-0.05, 0) is 0 Å². The van der Waals surface area contributed by atoms with Crippen LogP contribution in [0.2, 0.25) is 0 Å². The van der Waals surface area contributed by atoms with Gasteiger partial charge >= 0.3 is 11.9 Å². The maximum atomic E-state index is 9.75. The molecule has 0 atom stereocenters. The molecule has 6 heteroatoms. The lowest BCUT2D eigenvalue weighted by Gasteiger charge is -1.83. The van der Waals surface area contributed by atoms with Crippen LogP contribution in [0.25, 0.3) is 0 Å². The summed E-state index contributed by atoms with van der Waals surface area (Å²) in [6.45, 7) is 7.19. The first-order valence-electron chi connectivity index (χ1n) is 3.81. The predicted molar refractivity (Wildman–Crippen MR) is 54.0 cm³/mol. The van der Waals surface area contributed by atoms with Gasteiger partial charge in [0.05, 0.1) is 19.5 Å². The first kappa shape index (κ1) is 19.0. The van der Waals surface area contributed by atoms with E-state index in [1.165, 1.54) is 6.92 Å². The highest BCUT2D eigenvalue weighted by atomic mass is 16.5. The van der Waals surface area contributed by atoms with Gasteiger partial charge in [-0.2, -0.15) is 0 Å². The molecule has 15 heavy (non-hydrogen) atoms. The van der Waals surface area contributed by atoms with Gasteiger partial charge in [0.15, 0.2) is 0 Å². The molecule has 0 heterocycles. The summed E-state index contributed by atoms with van der Waals surface area (Å²) < 4.78 is 4.17. The van der Waals surface area contributed by atoms with Gasteiger partial charge in [-0.3, -0.25) is 4.79 Å². The molecule has 0 rings (SSSR count). The molecule has 0 fully saturated rings. The van der Waals surface area contributed by atoms with Crippen molar-refractivity contribution >= 4 is 11.9 Å². The van der Waals surface area contributed by atoms with Crippen molar-refractivity contribution in [3.05, 3.63) is 25.5 Å². The van der Waals surface area contributed by atoms with E-state index in [0.717, 1.165) is 12.3 Å². The molecule has 0 bridgehead atoms. The van der Waals surface area contributed by atoms with E-state index >= 15 is 0 Å². The minimum atomic E-state index is -0.981. The third-order valence-electron chi connectivity index (χ3n) is 0.524. The molecule has 0 aromatic carbocycles. The summed E-state index contributed by atoms with van der Waals surface area (Å²) >= 11 is 0. The topological polar surface area (TPSA) is 104 Å². The Hall–Kier alpha value is -1.66. The summed E-state index contributed by atoms with van der Waals surface area (Å²) in [5.41, 5.74) is 0. The zero-order valence-electron chi connectivity index (χ0n) is 8.55. The summed E-state index contributed by atoms with van der Waals surface area (Å²) in [6, 6.07) is 0. The van der Waals surface area contributed by atoms with Crippen molar-refractivity contribution in [3.63, 3.8) is 0 Å². The lowest BCUT2D eigenvalue weighted by Crippen LogP contribution is -1.87. The third kappa shape index (κ3) is 70.0. The number of ether oxygens (including phenoxy) is 1. The standard InChI is InChI=1S/C4H6O2.C3H4O2.C2H6O2/c1-3-6-4(2)5;1-2-3(4)5;3-1-2-4/h3H,1H2,2H3;2H,1H2,(H,4,5);3-4H,1-2H2. The van der Waals surface area contributed by atoms with Gasteiger partial charge in [-0.1, -0.05) is 13.2 Å². The van der Waals surface area contributed by atoms with Crippen molar-refractivity contribution < 1.29 is 29.6 Å². The van der Waals surface area contributed by atoms with E-state index in [1.54, 1.807) is 0 Å². The number of aliphatic hydroxyl groups excluding tert-OH is 2. The molecule has 0 unspecified atom stereocenters. The maximum absolute atomic E-state index is 9.75. The predicted octanol–water partition coefficient (Wildman–Crippen LogP) is -0.0790. The van der Waals surface area contributed by atoms with Crippen molar-refractivity contribution in [1.82, 2.24) is 0 Å². The number of carboxylic acid groups (broad SMARTS) is 1. The van der Waals surface area contributed by atoms with Crippen molar-refractivity contribution in [3.8, 4) is 0 Å². The van der Waals surface area contributed by atoms with E-state index in [1.807, 2.05) is 0 Å². The Bertz CT molecular complexity index is 185. The molecule has 3 N–H and O–H groups in total. The molecule has 0 amide bonds. The molecule has 0 aliphatic rings. The monoisotopic (exact) mass is 220 g/mol. The Morgan fingerprint density at radius 2 is 1.60 bits per heavy atom. The molecular weight excluding hydrogens is 204 g/mol.